The summed E-state index contributed by atoms with van der Waals surface area (Å²) in [7, 11) is 0. The minimum Gasteiger partial charge on any atom is -0.484 e. The molecule has 0 aliphatic carbocycles. The van der Waals surface area contributed by atoms with Gasteiger partial charge in [0.25, 0.3) is 11.5 Å². The Labute approximate surface area is 196 Å². The zero-order chi connectivity index (χ0) is 23.6. The fourth-order valence-corrected chi connectivity index (χ4v) is 4.13. The molecule has 0 saturated heterocycles. The molecule has 1 N–H and O–H groups in total. The Morgan fingerprint density at radius 3 is 2.45 bits per heavy atom. The highest BCUT2D eigenvalue weighted by molar-refractivity contribution is 7.19. The van der Waals surface area contributed by atoms with Crippen LogP contribution in [0.1, 0.15) is 37.6 Å². The van der Waals surface area contributed by atoms with Gasteiger partial charge in [-0.2, -0.15) is 9.61 Å². The van der Waals surface area contributed by atoms with Crippen LogP contribution in [0.3, 0.4) is 0 Å². The van der Waals surface area contributed by atoms with Crippen LogP contribution in [0.2, 0.25) is 0 Å². The second-order valence-corrected chi connectivity index (χ2v) is 9.85. The van der Waals surface area contributed by atoms with E-state index < -0.39 is 0 Å². The quantitative estimate of drug-likeness (QED) is 0.466. The maximum atomic E-state index is 12.5. The van der Waals surface area contributed by atoms with Crippen molar-refractivity contribution in [1.82, 2.24) is 19.9 Å². The molecule has 2 aromatic heterocycles. The average Bonchev–Trinajstić information content (AvgIpc) is 3.21. The first-order chi connectivity index (χ1) is 15.7. The molecule has 0 saturated carbocycles. The molecule has 8 heteroatoms. The predicted octanol–water partition coefficient (Wildman–Crippen LogP) is 4.12. The maximum Gasteiger partial charge on any atom is 0.275 e. The number of aryl methyl sites for hydroxylation is 1. The lowest BCUT2D eigenvalue weighted by atomic mass is 9.87. The van der Waals surface area contributed by atoms with Crippen LogP contribution in [0.25, 0.3) is 15.5 Å². The summed E-state index contributed by atoms with van der Waals surface area (Å²) in [6.45, 7) is 8.46. The summed E-state index contributed by atoms with van der Waals surface area (Å²) in [6, 6.07) is 17.0. The molecule has 0 aliphatic heterocycles. The number of amides is 1. The molecule has 2 aromatic carbocycles. The zero-order valence-corrected chi connectivity index (χ0v) is 19.9. The lowest BCUT2D eigenvalue weighted by molar-refractivity contribution is -0.123. The Kier molecular flexibility index (Phi) is 6.29. The number of rotatable bonds is 6. The molecule has 0 aliphatic rings. The van der Waals surface area contributed by atoms with Gasteiger partial charge in [0, 0.05) is 11.6 Å². The van der Waals surface area contributed by atoms with Crippen LogP contribution < -0.4 is 15.6 Å². The fourth-order valence-electron chi connectivity index (χ4n) is 3.20. The van der Waals surface area contributed by atoms with Crippen molar-refractivity contribution in [3.63, 3.8) is 0 Å². The smallest absolute Gasteiger partial charge is 0.275 e. The second-order valence-electron chi connectivity index (χ2n) is 8.89. The average molecular weight is 463 g/mol. The van der Waals surface area contributed by atoms with Crippen LogP contribution in [0.5, 0.6) is 5.75 Å². The number of aromatic nitrogens is 3. The summed E-state index contributed by atoms with van der Waals surface area (Å²) in [6.07, 6.45) is 0. The van der Waals surface area contributed by atoms with E-state index in [9.17, 15) is 9.59 Å². The van der Waals surface area contributed by atoms with Gasteiger partial charge in [0.15, 0.2) is 6.61 Å². The molecule has 33 heavy (non-hydrogen) atoms. The molecule has 0 unspecified atom stereocenters. The molecule has 0 spiro atoms. The first-order valence-corrected chi connectivity index (χ1v) is 11.5. The number of carbonyl (C=O) groups is 1. The van der Waals surface area contributed by atoms with Crippen LogP contribution in [0.4, 0.5) is 0 Å². The molecular formula is C25H26N4O3S. The summed E-state index contributed by atoms with van der Waals surface area (Å²) in [4.78, 5) is 29.7. The van der Waals surface area contributed by atoms with Crippen molar-refractivity contribution >= 4 is 22.2 Å². The normalized spacial score (nSPS) is 11.5. The topological polar surface area (TPSA) is 85.6 Å². The minimum atomic E-state index is -0.290. The highest BCUT2D eigenvalue weighted by Gasteiger charge is 2.14. The van der Waals surface area contributed by atoms with E-state index in [1.807, 2.05) is 55.5 Å². The van der Waals surface area contributed by atoms with E-state index >= 15 is 0 Å². The van der Waals surface area contributed by atoms with E-state index in [0.29, 0.717) is 21.4 Å². The van der Waals surface area contributed by atoms with Crippen LogP contribution in [0, 0.1) is 6.92 Å². The molecule has 0 fully saturated rings. The van der Waals surface area contributed by atoms with Gasteiger partial charge in [-0.25, -0.2) is 4.98 Å². The lowest BCUT2D eigenvalue weighted by Gasteiger charge is -2.19. The third kappa shape index (κ3) is 5.46. The van der Waals surface area contributed by atoms with E-state index in [2.05, 4.69) is 36.2 Å². The molecular weight excluding hydrogens is 436 g/mol. The van der Waals surface area contributed by atoms with Crippen molar-refractivity contribution in [3.8, 4) is 16.3 Å². The van der Waals surface area contributed by atoms with E-state index in [4.69, 9.17) is 4.74 Å². The molecule has 1 amide bonds. The van der Waals surface area contributed by atoms with Gasteiger partial charge in [-0.15, -0.1) is 0 Å². The van der Waals surface area contributed by atoms with Crippen molar-refractivity contribution in [2.75, 3.05) is 6.61 Å². The summed E-state index contributed by atoms with van der Waals surface area (Å²) in [5.41, 5.74) is 3.52. The largest absolute Gasteiger partial charge is 0.484 e. The number of carbonyl (C=O) groups excluding carboxylic acids is 1. The Morgan fingerprint density at radius 1 is 1.09 bits per heavy atom. The first kappa shape index (κ1) is 22.7. The van der Waals surface area contributed by atoms with Gasteiger partial charge in [-0.05, 0) is 30.0 Å². The third-order valence-corrected chi connectivity index (χ3v) is 6.11. The zero-order valence-electron chi connectivity index (χ0n) is 19.1. The molecule has 4 aromatic rings. The Morgan fingerprint density at radius 2 is 1.79 bits per heavy atom. The van der Waals surface area contributed by atoms with E-state index in [1.54, 1.807) is 0 Å². The second kappa shape index (κ2) is 9.15. The number of hydrogen-bond donors (Lipinski definition) is 1. The number of fused-ring (bicyclic) bond motifs is 1. The van der Waals surface area contributed by atoms with E-state index in [1.165, 1.54) is 27.5 Å². The Bertz CT molecular complexity index is 1330. The van der Waals surface area contributed by atoms with E-state index in [0.717, 1.165) is 11.1 Å². The van der Waals surface area contributed by atoms with Crippen molar-refractivity contribution < 1.29 is 9.53 Å². The van der Waals surface area contributed by atoms with Crippen molar-refractivity contribution in [3.05, 3.63) is 81.8 Å². The number of benzene rings is 2. The fraction of sp³-hybridized carbons (Fsp3) is 0.280. The van der Waals surface area contributed by atoms with Gasteiger partial charge < -0.3 is 10.1 Å². The standard InChI is InChI=1S/C25H26N4O3S/c1-16-5-7-17(8-6-16)23-28-29-22(31)13-19(27-24(29)33-23)14-26-21(30)15-32-20-11-9-18(10-12-20)25(2,3)4/h5-13H,14-15H2,1-4H3,(H,26,30). The lowest BCUT2D eigenvalue weighted by Crippen LogP contribution is -2.29. The van der Waals surface area contributed by atoms with Crippen molar-refractivity contribution in [1.29, 1.82) is 0 Å². The van der Waals surface area contributed by atoms with Gasteiger partial charge in [-0.3, -0.25) is 9.59 Å². The van der Waals surface area contributed by atoms with Gasteiger partial charge in [0.05, 0.1) is 12.2 Å². The van der Waals surface area contributed by atoms with Crippen molar-refractivity contribution in [2.24, 2.45) is 0 Å². The molecule has 0 radical (unpaired) electrons. The van der Waals surface area contributed by atoms with E-state index in [-0.39, 0.29) is 30.0 Å². The highest BCUT2D eigenvalue weighted by atomic mass is 32.1. The van der Waals surface area contributed by atoms with Gasteiger partial charge in [-0.1, -0.05) is 74.1 Å². The summed E-state index contributed by atoms with van der Waals surface area (Å²) in [5, 5.41) is 7.85. The third-order valence-electron chi connectivity index (χ3n) is 5.15. The molecule has 0 bridgehead atoms. The van der Waals surface area contributed by atoms with Crippen LogP contribution in [-0.4, -0.2) is 27.1 Å². The number of nitrogens with zero attached hydrogens (tertiary/aromatic N) is 3. The Hall–Kier alpha value is -3.52. The maximum absolute atomic E-state index is 12.5. The van der Waals surface area contributed by atoms with Crippen LogP contribution >= 0.6 is 11.3 Å². The minimum absolute atomic E-state index is 0.0572. The number of hydrogen-bond acceptors (Lipinski definition) is 6. The summed E-state index contributed by atoms with van der Waals surface area (Å²) in [5.74, 6) is 0.339. The van der Waals surface area contributed by atoms with Crippen molar-refractivity contribution in [2.45, 2.75) is 39.7 Å². The number of ether oxygens (including phenoxy) is 1. The first-order valence-electron chi connectivity index (χ1n) is 10.7. The summed E-state index contributed by atoms with van der Waals surface area (Å²) < 4.78 is 6.86. The molecule has 2 heterocycles. The monoisotopic (exact) mass is 462 g/mol. The number of nitrogens with one attached hydrogen (secondary N) is 1. The van der Waals surface area contributed by atoms with Gasteiger partial charge >= 0.3 is 0 Å². The van der Waals surface area contributed by atoms with Gasteiger partial charge in [0.1, 0.15) is 10.8 Å². The summed E-state index contributed by atoms with van der Waals surface area (Å²) >= 11 is 1.33. The van der Waals surface area contributed by atoms with Crippen LogP contribution in [-0.2, 0) is 16.8 Å². The van der Waals surface area contributed by atoms with Gasteiger partial charge in [0.2, 0.25) is 4.96 Å². The molecule has 170 valence electrons. The molecule has 0 atom stereocenters. The predicted molar refractivity (Wildman–Crippen MR) is 130 cm³/mol. The Balaban J connectivity index is 1.38. The molecule has 4 rings (SSSR count). The SMILES string of the molecule is Cc1ccc(-c2nn3c(=O)cc(CNC(=O)COc4ccc(C(C)(C)C)cc4)nc3s2)cc1. The van der Waals surface area contributed by atoms with Crippen LogP contribution in [0.15, 0.2) is 59.4 Å². The molecule has 7 nitrogen and oxygen atoms in total. The highest BCUT2D eigenvalue weighted by Crippen LogP contribution is 2.25.